The number of hydrogen-bond donors (Lipinski definition) is 2. The first-order chi connectivity index (χ1) is 15.0. The second-order valence-electron chi connectivity index (χ2n) is 8.14. The second-order valence-corrected chi connectivity index (χ2v) is 8.58. The zero-order chi connectivity index (χ0) is 21.5. The summed E-state index contributed by atoms with van der Waals surface area (Å²) in [6.45, 7) is 1.57. The molecule has 0 unspecified atom stereocenters. The normalized spacial score (nSPS) is 16.7. The summed E-state index contributed by atoms with van der Waals surface area (Å²) in [7, 11) is 0. The number of nitrogens with one attached hydrogen (secondary N) is 1. The number of fused-ring (bicyclic) bond motifs is 1. The Hall–Kier alpha value is -2.90. The van der Waals surface area contributed by atoms with Crippen LogP contribution in [-0.4, -0.2) is 32.9 Å². The molecule has 0 spiro atoms. The van der Waals surface area contributed by atoms with Crippen LogP contribution in [0.3, 0.4) is 0 Å². The fourth-order valence-electron chi connectivity index (χ4n) is 3.99. The molecule has 2 heterocycles. The highest BCUT2D eigenvalue weighted by atomic mass is 35.5. The first kappa shape index (κ1) is 20.0. The van der Waals surface area contributed by atoms with Gasteiger partial charge in [0, 0.05) is 29.4 Å². The number of nitrogens with zero attached hydrogens (tertiary/aromatic N) is 3. The summed E-state index contributed by atoms with van der Waals surface area (Å²) < 4.78 is 15.6. The van der Waals surface area contributed by atoms with Crippen LogP contribution in [0.2, 0.25) is 5.02 Å². The molecule has 1 aliphatic carbocycles. The van der Waals surface area contributed by atoms with E-state index in [9.17, 15) is 9.18 Å². The average Bonchev–Trinajstić information content (AvgIpc) is 3.57. The lowest BCUT2D eigenvalue weighted by molar-refractivity contribution is -0.134. The number of anilines is 2. The van der Waals surface area contributed by atoms with Gasteiger partial charge >= 0.3 is 0 Å². The molecule has 1 aliphatic heterocycles. The number of amides is 1. The molecular weight excluding hydrogens is 417 g/mol. The Morgan fingerprint density at radius 3 is 2.52 bits per heavy atom. The summed E-state index contributed by atoms with van der Waals surface area (Å²) in [6, 6.07) is 13.3. The van der Waals surface area contributed by atoms with Crippen LogP contribution in [0.4, 0.5) is 15.9 Å². The molecule has 8 heteroatoms. The van der Waals surface area contributed by atoms with E-state index in [1.807, 2.05) is 24.3 Å². The number of carbonyl (C=O) groups excluding carboxylic acids is 1. The molecule has 3 aromatic rings. The highest BCUT2D eigenvalue weighted by Gasteiger charge is 2.37. The van der Waals surface area contributed by atoms with Crippen molar-refractivity contribution < 1.29 is 9.18 Å². The third kappa shape index (κ3) is 4.03. The lowest BCUT2D eigenvalue weighted by Crippen LogP contribution is -2.47. The van der Waals surface area contributed by atoms with E-state index in [1.165, 1.54) is 12.1 Å². The number of carbonyl (C=O) groups is 1. The van der Waals surface area contributed by atoms with Crippen molar-refractivity contribution in [2.24, 2.45) is 11.7 Å². The van der Waals surface area contributed by atoms with E-state index in [2.05, 4.69) is 9.88 Å². The number of hydrogen-bond acceptors (Lipinski definition) is 4. The Balaban J connectivity index is 1.49. The molecule has 5 rings (SSSR count). The largest absolute Gasteiger partial charge is 0.340 e. The Labute approximate surface area is 184 Å². The molecule has 2 aromatic carbocycles. The third-order valence-corrected chi connectivity index (χ3v) is 6.18. The molecule has 0 bridgehead atoms. The van der Waals surface area contributed by atoms with Crippen LogP contribution in [0.25, 0.3) is 11.3 Å². The van der Waals surface area contributed by atoms with Crippen LogP contribution in [-0.2, 0) is 17.9 Å². The quantitative estimate of drug-likeness (QED) is 0.625. The van der Waals surface area contributed by atoms with Crippen molar-refractivity contribution in [2.75, 3.05) is 11.9 Å². The van der Waals surface area contributed by atoms with Crippen LogP contribution in [0.15, 0.2) is 48.5 Å². The molecule has 1 aromatic heterocycles. The van der Waals surface area contributed by atoms with Crippen molar-refractivity contribution in [3.05, 3.63) is 65.2 Å². The van der Waals surface area contributed by atoms with Gasteiger partial charge in [0.2, 0.25) is 5.91 Å². The number of rotatable bonds is 5. The average molecular weight is 440 g/mol. The Morgan fingerprint density at radius 1 is 1.13 bits per heavy atom. The highest BCUT2D eigenvalue weighted by molar-refractivity contribution is 6.30. The molecule has 1 saturated carbocycles. The summed E-state index contributed by atoms with van der Waals surface area (Å²) in [6.07, 6.45) is 2.05. The van der Waals surface area contributed by atoms with Gasteiger partial charge in [-0.25, -0.2) is 9.37 Å². The monoisotopic (exact) mass is 439 g/mol. The molecule has 6 nitrogen and oxygen atoms in total. The van der Waals surface area contributed by atoms with Gasteiger partial charge in [0.25, 0.3) is 0 Å². The van der Waals surface area contributed by atoms with Gasteiger partial charge in [0.1, 0.15) is 23.2 Å². The van der Waals surface area contributed by atoms with Crippen LogP contribution >= 0.6 is 11.6 Å². The van der Waals surface area contributed by atoms with Crippen molar-refractivity contribution in [2.45, 2.75) is 32.0 Å². The maximum atomic E-state index is 13.5. The van der Waals surface area contributed by atoms with Gasteiger partial charge in [-0.2, -0.15) is 0 Å². The molecule has 3 N–H and O–H groups in total. The molecule has 160 valence electrons. The SMILES string of the molecule is N[C@H](C(=O)N1CCn2c(nc(-c3ccc(F)cc3)c2Nc2ccc(Cl)cc2)C1)C1CC1. The van der Waals surface area contributed by atoms with Gasteiger partial charge in [-0.3, -0.25) is 4.79 Å². The van der Waals surface area contributed by atoms with Gasteiger partial charge in [-0.05, 0) is 67.3 Å². The summed E-state index contributed by atoms with van der Waals surface area (Å²) in [5.41, 5.74) is 8.53. The fourth-order valence-corrected chi connectivity index (χ4v) is 4.12. The highest BCUT2D eigenvalue weighted by Crippen LogP contribution is 2.35. The van der Waals surface area contributed by atoms with E-state index in [1.54, 1.807) is 17.0 Å². The number of nitrogens with two attached hydrogens (primary N) is 1. The van der Waals surface area contributed by atoms with Crippen LogP contribution < -0.4 is 11.1 Å². The number of aromatic nitrogens is 2. The Bertz CT molecular complexity index is 1110. The summed E-state index contributed by atoms with van der Waals surface area (Å²) >= 11 is 6.02. The molecule has 31 heavy (non-hydrogen) atoms. The molecule has 1 atom stereocenters. The number of halogens is 2. The fraction of sp³-hybridized carbons (Fsp3) is 0.304. The van der Waals surface area contributed by atoms with E-state index in [-0.39, 0.29) is 11.7 Å². The van der Waals surface area contributed by atoms with Gasteiger partial charge in [0.05, 0.1) is 12.6 Å². The van der Waals surface area contributed by atoms with Gasteiger partial charge in [-0.15, -0.1) is 0 Å². The van der Waals surface area contributed by atoms with Crippen LogP contribution in [0, 0.1) is 11.7 Å². The van der Waals surface area contributed by atoms with E-state index in [4.69, 9.17) is 22.3 Å². The predicted octanol–water partition coefficient (Wildman–Crippen LogP) is 4.17. The molecule has 0 radical (unpaired) electrons. The minimum Gasteiger partial charge on any atom is -0.340 e. The van der Waals surface area contributed by atoms with Crippen LogP contribution in [0.1, 0.15) is 18.7 Å². The van der Waals surface area contributed by atoms with E-state index in [0.717, 1.165) is 35.7 Å². The summed E-state index contributed by atoms with van der Waals surface area (Å²) in [5, 5.41) is 4.09. The molecule has 1 amide bonds. The lowest BCUT2D eigenvalue weighted by atomic mass is 10.1. The first-order valence-electron chi connectivity index (χ1n) is 10.4. The Morgan fingerprint density at radius 2 is 1.84 bits per heavy atom. The molecule has 2 aliphatic rings. The number of benzene rings is 2. The zero-order valence-electron chi connectivity index (χ0n) is 16.9. The van der Waals surface area contributed by atoms with Crippen molar-refractivity contribution >= 4 is 29.0 Å². The smallest absolute Gasteiger partial charge is 0.240 e. The lowest BCUT2D eigenvalue weighted by Gasteiger charge is -2.30. The van der Waals surface area contributed by atoms with Crippen LogP contribution in [0.5, 0.6) is 0 Å². The van der Waals surface area contributed by atoms with Crippen molar-refractivity contribution in [1.82, 2.24) is 14.5 Å². The topological polar surface area (TPSA) is 76.2 Å². The molecule has 0 saturated heterocycles. The minimum absolute atomic E-state index is 0.00714. The van der Waals surface area contributed by atoms with Gasteiger partial charge in [0.15, 0.2) is 0 Å². The molecule has 1 fully saturated rings. The van der Waals surface area contributed by atoms with Gasteiger partial charge < -0.3 is 20.5 Å². The summed E-state index contributed by atoms with van der Waals surface area (Å²) in [4.78, 5) is 19.4. The van der Waals surface area contributed by atoms with Crippen molar-refractivity contribution in [3.63, 3.8) is 0 Å². The number of imidazole rings is 1. The third-order valence-electron chi connectivity index (χ3n) is 5.92. The predicted molar refractivity (Wildman–Crippen MR) is 118 cm³/mol. The Kier molecular flexibility index (Phi) is 5.16. The van der Waals surface area contributed by atoms with Gasteiger partial charge in [-0.1, -0.05) is 11.6 Å². The maximum absolute atomic E-state index is 13.5. The summed E-state index contributed by atoms with van der Waals surface area (Å²) in [5.74, 6) is 1.59. The van der Waals surface area contributed by atoms with E-state index >= 15 is 0 Å². The van der Waals surface area contributed by atoms with Crippen molar-refractivity contribution in [1.29, 1.82) is 0 Å². The van der Waals surface area contributed by atoms with E-state index in [0.29, 0.717) is 36.3 Å². The van der Waals surface area contributed by atoms with Crippen molar-refractivity contribution in [3.8, 4) is 11.3 Å². The first-order valence-corrected chi connectivity index (χ1v) is 10.8. The standard InChI is InChI=1S/C23H23ClFN5O/c24-16-5-9-18(10-6-16)27-22-21(15-3-7-17(25)8-4-15)28-19-13-29(11-12-30(19)22)23(31)20(26)14-1-2-14/h3-10,14,20,27H,1-2,11-13,26H2/t20-/m0/s1. The maximum Gasteiger partial charge on any atom is 0.240 e. The zero-order valence-corrected chi connectivity index (χ0v) is 17.6. The molecular formula is C23H23ClFN5O. The van der Waals surface area contributed by atoms with E-state index < -0.39 is 6.04 Å². The second kappa shape index (κ2) is 7.98. The minimum atomic E-state index is -0.426.